The molecule has 0 saturated heterocycles. The number of esters is 1. The molecule has 0 amide bonds. The molecule has 0 radical (unpaired) electrons. The van der Waals surface area contributed by atoms with Crippen molar-refractivity contribution < 1.29 is 27.5 Å². The first-order chi connectivity index (χ1) is 12.4. The van der Waals surface area contributed by atoms with Gasteiger partial charge in [0.2, 0.25) is 0 Å². The SMILES string of the molecule is CC=NOC(c1cccc(C(F)(F)F)c1)c1ccccc1CC(=O)OC. The van der Waals surface area contributed by atoms with Crippen LogP contribution < -0.4 is 0 Å². The van der Waals surface area contributed by atoms with E-state index in [0.29, 0.717) is 11.1 Å². The number of alkyl halides is 3. The molecule has 1 unspecified atom stereocenters. The molecule has 0 aromatic heterocycles. The summed E-state index contributed by atoms with van der Waals surface area (Å²) in [6.07, 6.45) is -4.00. The zero-order chi connectivity index (χ0) is 19.2. The van der Waals surface area contributed by atoms with Crippen molar-refractivity contribution in [1.82, 2.24) is 0 Å². The van der Waals surface area contributed by atoms with E-state index in [1.165, 1.54) is 25.5 Å². The van der Waals surface area contributed by atoms with Crippen LogP contribution in [0.4, 0.5) is 13.2 Å². The van der Waals surface area contributed by atoms with E-state index in [4.69, 9.17) is 4.84 Å². The van der Waals surface area contributed by atoms with Crippen molar-refractivity contribution >= 4 is 12.2 Å². The Hall–Kier alpha value is -2.83. The fraction of sp³-hybridized carbons (Fsp3) is 0.263. The maximum atomic E-state index is 13.1. The number of benzene rings is 2. The molecule has 26 heavy (non-hydrogen) atoms. The van der Waals surface area contributed by atoms with Gasteiger partial charge in [-0.05, 0) is 24.6 Å². The molecular formula is C19H18F3NO3. The number of halogens is 3. The molecule has 0 heterocycles. The Bertz CT molecular complexity index is 788. The second-order valence-corrected chi connectivity index (χ2v) is 5.42. The maximum absolute atomic E-state index is 13.1. The zero-order valence-corrected chi connectivity index (χ0v) is 14.3. The number of hydrogen-bond acceptors (Lipinski definition) is 4. The van der Waals surface area contributed by atoms with Crippen LogP contribution in [0, 0.1) is 0 Å². The molecule has 2 aromatic rings. The Balaban J connectivity index is 2.51. The minimum Gasteiger partial charge on any atom is -0.469 e. The summed E-state index contributed by atoms with van der Waals surface area (Å²) in [5, 5.41) is 3.73. The largest absolute Gasteiger partial charge is 0.469 e. The van der Waals surface area contributed by atoms with Crippen LogP contribution in [0.2, 0.25) is 0 Å². The van der Waals surface area contributed by atoms with Crippen LogP contribution in [0.5, 0.6) is 0 Å². The second-order valence-electron chi connectivity index (χ2n) is 5.42. The van der Waals surface area contributed by atoms with E-state index in [-0.39, 0.29) is 12.0 Å². The molecule has 0 fully saturated rings. The lowest BCUT2D eigenvalue weighted by atomic mass is 9.94. The maximum Gasteiger partial charge on any atom is 0.416 e. The summed E-state index contributed by atoms with van der Waals surface area (Å²) in [6, 6.07) is 11.7. The van der Waals surface area contributed by atoms with Crippen LogP contribution in [0.15, 0.2) is 53.7 Å². The lowest BCUT2D eigenvalue weighted by Crippen LogP contribution is -2.12. The minimum atomic E-state index is -4.47. The molecule has 0 aliphatic heterocycles. The Kier molecular flexibility index (Phi) is 6.38. The molecule has 1 atom stereocenters. The van der Waals surface area contributed by atoms with Crippen molar-refractivity contribution in [3.63, 3.8) is 0 Å². The smallest absolute Gasteiger partial charge is 0.416 e. The highest BCUT2D eigenvalue weighted by molar-refractivity contribution is 5.73. The Morgan fingerprint density at radius 3 is 2.58 bits per heavy atom. The van der Waals surface area contributed by atoms with E-state index in [1.54, 1.807) is 31.2 Å². The summed E-state index contributed by atoms with van der Waals surface area (Å²) in [4.78, 5) is 17.1. The lowest BCUT2D eigenvalue weighted by Gasteiger charge is -2.20. The predicted molar refractivity (Wildman–Crippen MR) is 90.7 cm³/mol. The molecule has 2 rings (SSSR count). The Labute approximate surface area is 149 Å². The average Bonchev–Trinajstić information content (AvgIpc) is 2.62. The summed E-state index contributed by atoms with van der Waals surface area (Å²) >= 11 is 0. The molecule has 2 aromatic carbocycles. The highest BCUT2D eigenvalue weighted by Crippen LogP contribution is 2.34. The first-order valence-electron chi connectivity index (χ1n) is 7.82. The third-order valence-electron chi connectivity index (χ3n) is 3.69. The molecule has 0 aliphatic rings. The number of rotatable bonds is 6. The van der Waals surface area contributed by atoms with Gasteiger partial charge in [-0.2, -0.15) is 13.2 Å². The van der Waals surface area contributed by atoms with Crippen molar-refractivity contribution in [1.29, 1.82) is 0 Å². The van der Waals surface area contributed by atoms with E-state index in [1.807, 2.05) is 0 Å². The van der Waals surface area contributed by atoms with Gasteiger partial charge in [-0.25, -0.2) is 0 Å². The van der Waals surface area contributed by atoms with Gasteiger partial charge >= 0.3 is 12.1 Å². The van der Waals surface area contributed by atoms with Crippen LogP contribution in [-0.4, -0.2) is 19.3 Å². The van der Waals surface area contributed by atoms with Gasteiger partial charge in [-0.15, -0.1) is 0 Å². The molecule has 0 N–H and O–H groups in total. The van der Waals surface area contributed by atoms with Crippen LogP contribution in [-0.2, 0) is 27.0 Å². The highest BCUT2D eigenvalue weighted by Gasteiger charge is 2.31. The minimum absolute atomic E-state index is 0.0265. The fourth-order valence-corrected chi connectivity index (χ4v) is 2.48. The molecule has 7 heteroatoms. The number of carbonyl (C=O) groups excluding carboxylic acids is 1. The van der Waals surface area contributed by atoms with Gasteiger partial charge in [0.05, 0.1) is 19.1 Å². The van der Waals surface area contributed by atoms with E-state index in [9.17, 15) is 18.0 Å². The van der Waals surface area contributed by atoms with Gasteiger partial charge in [0.25, 0.3) is 0 Å². The van der Waals surface area contributed by atoms with Crippen LogP contribution >= 0.6 is 0 Å². The number of carbonyl (C=O) groups is 1. The Morgan fingerprint density at radius 1 is 1.19 bits per heavy atom. The summed E-state index contributed by atoms with van der Waals surface area (Å²) in [5.74, 6) is -0.459. The van der Waals surface area contributed by atoms with Gasteiger partial charge in [-0.3, -0.25) is 4.79 Å². The van der Waals surface area contributed by atoms with Crippen LogP contribution in [0.3, 0.4) is 0 Å². The Morgan fingerprint density at radius 2 is 1.92 bits per heavy atom. The van der Waals surface area contributed by atoms with Crippen LogP contribution in [0.25, 0.3) is 0 Å². The fourth-order valence-electron chi connectivity index (χ4n) is 2.48. The molecule has 0 saturated carbocycles. The number of methoxy groups -OCH3 is 1. The van der Waals surface area contributed by atoms with Gasteiger partial charge in [0.15, 0.2) is 6.10 Å². The number of hydrogen-bond donors (Lipinski definition) is 0. The van der Waals surface area contributed by atoms with E-state index >= 15 is 0 Å². The van der Waals surface area contributed by atoms with E-state index in [0.717, 1.165) is 12.1 Å². The van der Waals surface area contributed by atoms with Crippen molar-refractivity contribution in [2.45, 2.75) is 25.6 Å². The lowest BCUT2D eigenvalue weighted by molar-refractivity contribution is -0.140. The molecule has 4 nitrogen and oxygen atoms in total. The zero-order valence-electron chi connectivity index (χ0n) is 14.3. The molecule has 0 spiro atoms. The van der Waals surface area contributed by atoms with Crippen molar-refractivity contribution in [3.05, 3.63) is 70.8 Å². The average molecular weight is 365 g/mol. The summed E-state index contributed by atoms with van der Waals surface area (Å²) in [5.41, 5.74) is 0.633. The van der Waals surface area contributed by atoms with Crippen molar-refractivity contribution in [3.8, 4) is 0 Å². The third-order valence-corrected chi connectivity index (χ3v) is 3.69. The molecular weight excluding hydrogens is 347 g/mol. The van der Waals surface area contributed by atoms with Crippen LogP contribution in [0.1, 0.15) is 35.3 Å². The molecule has 0 aliphatic carbocycles. The first kappa shape index (κ1) is 19.5. The second kappa shape index (κ2) is 8.51. The summed E-state index contributed by atoms with van der Waals surface area (Å²) < 4.78 is 43.8. The van der Waals surface area contributed by atoms with Gasteiger partial charge in [0, 0.05) is 17.3 Å². The van der Waals surface area contributed by atoms with Crippen molar-refractivity contribution in [2.75, 3.05) is 7.11 Å². The molecule has 0 bridgehead atoms. The number of nitrogens with zero attached hydrogens (tertiary/aromatic N) is 1. The number of ether oxygens (including phenoxy) is 1. The quantitative estimate of drug-likeness (QED) is 0.429. The van der Waals surface area contributed by atoms with Gasteiger partial charge in [-0.1, -0.05) is 41.6 Å². The van der Waals surface area contributed by atoms with Crippen molar-refractivity contribution in [2.24, 2.45) is 5.16 Å². The summed E-state index contributed by atoms with van der Waals surface area (Å²) in [7, 11) is 1.27. The normalized spacial score (nSPS) is 12.8. The predicted octanol–water partition coefficient (Wildman–Crippen LogP) is 4.53. The van der Waals surface area contributed by atoms with Gasteiger partial charge in [0.1, 0.15) is 0 Å². The van der Waals surface area contributed by atoms with Gasteiger partial charge < -0.3 is 9.57 Å². The number of oxime groups is 1. The highest BCUT2D eigenvalue weighted by atomic mass is 19.4. The third kappa shape index (κ3) is 4.84. The molecule has 138 valence electrons. The van der Waals surface area contributed by atoms with E-state index < -0.39 is 23.8 Å². The monoisotopic (exact) mass is 365 g/mol. The standard InChI is InChI=1S/C19H18F3NO3/c1-3-23-26-18(14-8-6-9-15(11-14)19(20,21)22)16-10-5-4-7-13(16)12-17(24)25-2/h3-11,18H,12H2,1-2H3. The van der Waals surface area contributed by atoms with E-state index in [2.05, 4.69) is 9.89 Å². The topological polar surface area (TPSA) is 47.9 Å². The summed E-state index contributed by atoms with van der Waals surface area (Å²) in [6.45, 7) is 1.63. The first-order valence-corrected chi connectivity index (χ1v) is 7.82.